The number of phenolic OH excluding ortho intramolecular Hbond substituents is 1. The van der Waals surface area contributed by atoms with Crippen LogP contribution >= 0.6 is 0 Å². The van der Waals surface area contributed by atoms with Crippen LogP contribution in [0.15, 0.2) is 42.5 Å². The van der Waals surface area contributed by atoms with E-state index in [9.17, 15) is 5.11 Å². The predicted octanol–water partition coefficient (Wildman–Crippen LogP) is 3.96. The summed E-state index contributed by atoms with van der Waals surface area (Å²) in [4.78, 5) is 2.41. The van der Waals surface area contributed by atoms with Crippen molar-refractivity contribution < 1.29 is 14.6 Å². The smallest absolute Gasteiger partial charge is 0.162 e. The van der Waals surface area contributed by atoms with E-state index < -0.39 is 0 Å². The molecule has 4 heteroatoms. The maximum atomic E-state index is 10.4. The second-order valence-electron chi connectivity index (χ2n) is 6.14. The highest BCUT2D eigenvalue weighted by molar-refractivity contribution is 5.45. The van der Waals surface area contributed by atoms with Crippen molar-refractivity contribution >= 4 is 0 Å². The van der Waals surface area contributed by atoms with E-state index in [0.29, 0.717) is 24.9 Å². The number of aromatic hydroxyl groups is 1. The Morgan fingerprint density at radius 3 is 2.38 bits per heavy atom. The maximum absolute atomic E-state index is 10.4. The molecule has 128 valence electrons. The van der Waals surface area contributed by atoms with Crippen LogP contribution in [0.2, 0.25) is 0 Å². The van der Waals surface area contributed by atoms with Crippen LogP contribution in [0, 0.1) is 0 Å². The number of nitrogens with zero attached hydrogens (tertiary/aromatic N) is 1. The molecule has 1 saturated carbocycles. The van der Waals surface area contributed by atoms with Crippen molar-refractivity contribution in [1.82, 2.24) is 4.90 Å². The highest BCUT2D eigenvalue weighted by Crippen LogP contribution is 2.35. The van der Waals surface area contributed by atoms with Crippen molar-refractivity contribution in [2.24, 2.45) is 0 Å². The number of hydrogen-bond acceptors (Lipinski definition) is 4. The number of ether oxygens (including phenoxy) is 2. The molecule has 0 radical (unpaired) electrons. The average Bonchev–Trinajstić information content (AvgIpc) is 3.43. The summed E-state index contributed by atoms with van der Waals surface area (Å²) in [6, 6.07) is 14.4. The van der Waals surface area contributed by atoms with E-state index in [4.69, 9.17) is 9.47 Å². The molecule has 4 nitrogen and oxygen atoms in total. The molecule has 3 rings (SSSR count). The zero-order valence-electron chi connectivity index (χ0n) is 14.4. The molecule has 1 fully saturated rings. The summed E-state index contributed by atoms with van der Waals surface area (Å²) >= 11 is 0. The fraction of sp³-hybridized carbons (Fsp3) is 0.400. The second kappa shape index (κ2) is 7.58. The molecule has 24 heavy (non-hydrogen) atoms. The quantitative estimate of drug-likeness (QED) is 0.797. The number of phenols is 1. The first-order valence-corrected chi connectivity index (χ1v) is 8.52. The van der Waals surface area contributed by atoms with Crippen molar-refractivity contribution in [1.29, 1.82) is 0 Å². The van der Waals surface area contributed by atoms with Crippen molar-refractivity contribution in [3.05, 3.63) is 53.6 Å². The van der Waals surface area contributed by atoms with Crippen LogP contribution in [0.25, 0.3) is 0 Å². The Bertz CT molecular complexity index is 682. The van der Waals surface area contributed by atoms with E-state index in [1.807, 2.05) is 37.3 Å². The highest BCUT2D eigenvalue weighted by Gasteiger charge is 2.30. The van der Waals surface area contributed by atoms with Gasteiger partial charge in [0.15, 0.2) is 11.5 Å². The lowest BCUT2D eigenvalue weighted by molar-refractivity contribution is 0.235. The zero-order valence-corrected chi connectivity index (χ0v) is 14.4. The van der Waals surface area contributed by atoms with Gasteiger partial charge in [-0.3, -0.25) is 4.90 Å². The van der Waals surface area contributed by atoms with E-state index in [1.54, 1.807) is 13.2 Å². The van der Waals surface area contributed by atoms with Gasteiger partial charge in [0.2, 0.25) is 0 Å². The van der Waals surface area contributed by atoms with Crippen LogP contribution in [0.3, 0.4) is 0 Å². The molecule has 0 aromatic heterocycles. The lowest BCUT2D eigenvalue weighted by atomic mass is 10.1. The number of methoxy groups -OCH3 is 1. The van der Waals surface area contributed by atoms with Gasteiger partial charge in [0.1, 0.15) is 5.75 Å². The Morgan fingerprint density at radius 1 is 1.00 bits per heavy atom. The van der Waals surface area contributed by atoms with Gasteiger partial charge in [-0.05, 0) is 31.9 Å². The predicted molar refractivity (Wildman–Crippen MR) is 94.5 cm³/mol. The Kier molecular flexibility index (Phi) is 5.26. The summed E-state index contributed by atoms with van der Waals surface area (Å²) in [6.07, 6.45) is 2.42. The molecule has 2 aromatic rings. The van der Waals surface area contributed by atoms with Crippen LogP contribution in [-0.2, 0) is 13.1 Å². The number of para-hydroxylation sites is 2. The molecule has 1 aliphatic carbocycles. The third-order valence-electron chi connectivity index (χ3n) is 4.39. The summed E-state index contributed by atoms with van der Waals surface area (Å²) in [7, 11) is 1.58. The zero-order chi connectivity index (χ0) is 16.9. The van der Waals surface area contributed by atoms with Gasteiger partial charge in [-0.2, -0.15) is 0 Å². The first-order valence-electron chi connectivity index (χ1n) is 8.52. The minimum atomic E-state index is 0.240. The lowest BCUT2D eigenvalue weighted by Gasteiger charge is -2.24. The normalized spacial score (nSPS) is 14.0. The lowest BCUT2D eigenvalue weighted by Crippen LogP contribution is -2.25. The van der Waals surface area contributed by atoms with E-state index in [1.165, 1.54) is 18.4 Å². The standard InChI is InChI=1S/C20H25NO3/c1-3-24-18-9-5-4-7-15(18)13-21(17-11-12-17)14-16-8-6-10-19(23-2)20(16)22/h4-10,17,22H,3,11-14H2,1-2H3. The Labute approximate surface area is 143 Å². The molecular formula is C20H25NO3. The molecule has 0 bridgehead atoms. The van der Waals surface area contributed by atoms with Gasteiger partial charge in [-0.1, -0.05) is 30.3 Å². The van der Waals surface area contributed by atoms with Crippen LogP contribution in [-0.4, -0.2) is 29.8 Å². The maximum Gasteiger partial charge on any atom is 0.162 e. The largest absolute Gasteiger partial charge is 0.504 e. The molecule has 0 unspecified atom stereocenters. The Hall–Kier alpha value is -2.20. The summed E-state index contributed by atoms with van der Waals surface area (Å²) in [5, 5.41) is 10.4. The van der Waals surface area contributed by atoms with Crippen molar-refractivity contribution in [2.45, 2.75) is 38.9 Å². The molecule has 1 aliphatic rings. The fourth-order valence-corrected chi connectivity index (χ4v) is 2.98. The molecule has 1 N–H and O–H groups in total. The van der Waals surface area contributed by atoms with Gasteiger partial charge < -0.3 is 14.6 Å². The first-order chi connectivity index (χ1) is 11.7. The summed E-state index contributed by atoms with van der Waals surface area (Å²) in [6.45, 7) is 4.19. The van der Waals surface area contributed by atoms with Crippen LogP contribution < -0.4 is 9.47 Å². The Balaban J connectivity index is 1.79. The van der Waals surface area contributed by atoms with Gasteiger partial charge in [-0.15, -0.1) is 0 Å². The summed E-state index contributed by atoms with van der Waals surface area (Å²) < 4.78 is 11.0. The van der Waals surface area contributed by atoms with Crippen LogP contribution in [0.4, 0.5) is 0 Å². The van der Waals surface area contributed by atoms with E-state index in [2.05, 4.69) is 11.0 Å². The monoisotopic (exact) mass is 327 g/mol. The second-order valence-corrected chi connectivity index (χ2v) is 6.14. The summed E-state index contributed by atoms with van der Waals surface area (Å²) in [5.74, 6) is 1.71. The third kappa shape index (κ3) is 3.82. The topological polar surface area (TPSA) is 41.9 Å². The van der Waals surface area contributed by atoms with Gasteiger partial charge in [0.05, 0.1) is 13.7 Å². The minimum absolute atomic E-state index is 0.240. The molecule has 0 atom stereocenters. The van der Waals surface area contributed by atoms with Crippen molar-refractivity contribution in [2.75, 3.05) is 13.7 Å². The fourth-order valence-electron chi connectivity index (χ4n) is 2.98. The van der Waals surface area contributed by atoms with Gasteiger partial charge in [0, 0.05) is 30.3 Å². The average molecular weight is 327 g/mol. The number of benzene rings is 2. The van der Waals surface area contributed by atoms with Gasteiger partial charge >= 0.3 is 0 Å². The van der Waals surface area contributed by atoms with E-state index >= 15 is 0 Å². The van der Waals surface area contributed by atoms with E-state index in [0.717, 1.165) is 17.9 Å². The Morgan fingerprint density at radius 2 is 1.67 bits per heavy atom. The SMILES string of the molecule is CCOc1ccccc1CN(Cc1cccc(OC)c1O)C1CC1. The number of rotatable bonds is 8. The van der Waals surface area contributed by atoms with Crippen LogP contribution in [0.5, 0.6) is 17.2 Å². The minimum Gasteiger partial charge on any atom is -0.504 e. The molecule has 0 spiro atoms. The molecule has 0 heterocycles. The van der Waals surface area contributed by atoms with Crippen molar-refractivity contribution in [3.8, 4) is 17.2 Å². The molecular weight excluding hydrogens is 302 g/mol. The van der Waals surface area contributed by atoms with Crippen molar-refractivity contribution in [3.63, 3.8) is 0 Å². The van der Waals surface area contributed by atoms with E-state index in [-0.39, 0.29) is 5.75 Å². The van der Waals surface area contributed by atoms with Crippen LogP contribution in [0.1, 0.15) is 30.9 Å². The first kappa shape index (κ1) is 16.7. The number of hydrogen-bond donors (Lipinski definition) is 1. The molecule has 2 aromatic carbocycles. The van der Waals surface area contributed by atoms with Gasteiger partial charge in [-0.25, -0.2) is 0 Å². The molecule has 0 amide bonds. The summed E-state index contributed by atoms with van der Waals surface area (Å²) in [5.41, 5.74) is 2.09. The highest BCUT2D eigenvalue weighted by atomic mass is 16.5. The molecule has 0 saturated heterocycles. The third-order valence-corrected chi connectivity index (χ3v) is 4.39. The molecule has 0 aliphatic heterocycles. The van der Waals surface area contributed by atoms with Gasteiger partial charge in [0.25, 0.3) is 0 Å².